The molecule has 0 spiro atoms. The maximum absolute atomic E-state index is 11.9. The third-order valence-electron chi connectivity index (χ3n) is 2.10. The second-order valence-electron chi connectivity index (χ2n) is 3.45. The van der Waals surface area contributed by atoms with E-state index >= 15 is 0 Å². The van der Waals surface area contributed by atoms with Gasteiger partial charge in [0.25, 0.3) is 0 Å². The fraction of sp³-hybridized carbons (Fsp3) is 0.0909. The maximum Gasteiger partial charge on any atom is 0.573 e. The van der Waals surface area contributed by atoms with Gasteiger partial charge >= 0.3 is 12.3 Å². The Morgan fingerprint density at radius 1 is 1.26 bits per heavy atom. The highest BCUT2D eigenvalue weighted by molar-refractivity contribution is 5.86. The second-order valence-corrected chi connectivity index (χ2v) is 3.45. The Labute approximate surface area is 104 Å². The first-order chi connectivity index (χ1) is 8.85. The first-order valence-electron chi connectivity index (χ1n) is 4.91. The summed E-state index contributed by atoms with van der Waals surface area (Å²) in [5.41, 5.74) is 0.0974. The minimum absolute atomic E-state index is 0.135. The number of aromatic carboxylic acids is 1. The lowest BCUT2D eigenvalue weighted by atomic mass is 10.1. The van der Waals surface area contributed by atoms with E-state index in [1.807, 2.05) is 0 Å². The zero-order valence-electron chi connectivity index (χ0n) is 9.14. The van der Waals surface area contributed by atoms with Gasteiger partial charge < -0.3 is 14.4 Å². The predicted octanol–water partition coefficient (Wildman–Crippen LogP) is 2.94. The van der Waals surface area contributed by atoms with Crippen LogP contribution in [0.15, 0.2) is 34.9 Å². The van der Waals surface area contributed by atoms with Crippen LogP contribution in [-0.2, 0) is 0 Å². The molecule has 0 saturated heterocycles. The summed E-state index contributed by atoms with van der Waals surface area (Å²) < 4.78 is 44.3. The van der Waals surface area contributed by atoms with Crippen LogP contribution in [0.3, 0.4) is 0 Å². The molecule has 1 aromatic carbocycles. The van der Waals surface area contributed by atoms with E-state index in [0.29, 0.717) is 5.56 Å². The summed E-state index contributed by atoms with van der Waals surface area (Å²) in [6.45, 7) is 0. The lowest BCUT2D eigenvalue weighted by molar-refractivity contribution is -0.274. The number of carbonyl (C=O) groups is 1. The Hall–Kier alpha value is -2.51. The van der Waals surface area contributed by atoms with Crippen LogP contribution in [0.4, 0.5) is 13.2 Å². The zero-order chi connectivity index (χ0) is 14.0. The topological polar surface area (TPSA) is 72.6 Å². The molecule has 100 valence electrons. The summed E-state index contributed by atoms with van der Waals surface area (Å²) in [5.74, 6) is -1.50. The highest BCUT2D eigenvalue weighted by atomic mass is 19.4. The highest BCUT2D eigenvalue weighted by Crippen LogP contribution is 2.26. The van der Waals surface area contributed by atoms with E-state index in [1.165, 1.54) is 18.2 Å². The Morgan fingerprint density at radius 2 is 1.89 bits per heavy atom. The number of ether oxygens (including phenoxy) is 1. The van der Waals surface area contributed by atoms with Crippen molar-refractivity contribution in [3.05, 3.63) is 36.0 Å². The van der Waals surface area contributed by atoms with Crippen LogP contribution in [0.25, 0.3) is 11.3 Å². The van der Waals surface area contributed by atoms with Gasteiger partial charge in [-0.1, -0.05) is 5.16 Å². The molecule has 19 heavy (non-hydrogen) atoms. The molecule has 0 atom stereocenters. The molecule has 0 unspecified atom stereocenters. The molecule has 0 fully saturated rings. The van der Waals surface area contributed by atoms with Gasteiger partial charge in [-0.25, -0.2) is 4.79 Å². The van der Waals surface area contributed by atoms with Crippen molar-refractivity contribution in [2.75, 3.05) is 0 Å². The predicted molar refractivity (Wildman–Crippen MR) is 55.6 cm³/mol. The molecule has 0 amide bonds. The van der Waals surface area contributed by atoms with Crippen molar-refractivity contribution in [2.45, 2.75) is 6.36 Å². The van der Waals surface area contributed by atoms with Gasteiger partial charge in [-0.3, -0.25) is 0 Å². The monoisotopic (exact) mass is 273 g/mol. The van der Waals surface area contributed by atoms with Crippen molar-refractivity contribution in [1.82, 2.24) is 5.16 Å². The zero-order valence-corrected chi connectivity index (χ0v) is 9.14. The molecule has 2 rings (SSSR count). The van der Waals surface area contributed by atoms with Crippen LogP contribution >= 0.6 is 0 Å². The number of aromatic nitrogens is 1. The van der Waals surface area contributed by atoms with E-state index in [-0.39, 0.29) is 17.2 Å². The Kier molecular flexibility index (Phi) is 3.16. The summed E-state index contributed by atoms with van der Waals surface area (Å²) in [7, 11) is 0. The second kappa shape index (κ2) is 4.63. The molecular weight excluding hydrogens is 267 g/mol. The SMILES string of the molecule is O=C(O)c1cc(-c2ccc(OC(F)(F)F)cc2)on1. The van der Waals surface area contributed by atoms with Crippen molar-refractivity contribution in [3.63, 3.8) is 0 Å². The fourth-order valence-electron chi connectivity index (χ4n) is 1.33. The van der Waals surface area contributed by atoms with Gasteiger partial charge in [-0.2, -0.15) is 0 Å². The van der Waals surface area contributed by atoms with Gasteiger partial charge in [0.05, 0.1) is 0 Å². The first kappa shape index (κ1) is 12.9. The normalized spacial score (nSPS) is 11.3. The minimum atomic E-state index is -4.76. The van der Waals surface area contributed by atoms with E-state index in [1.54, 1.807) is 0 Å². The van der Waals surface area contributed by atoms with Gasteiger partial charge in [0.2, 0.25) is 0 Å². The molecule has 0 aliphatic carbocycles. The van der Waals surface area contributed by atoms with Gasteiger partial charge in [0, 0.05) is 11.6 Å². The molecule has 0 aliphatic rings. The van der Waals surface area contributed by atoms with Crippen molar-refractivity contribution >= 4 is 5.97 Å². The van der Waals surface area contributed by atoms with E-state index in [0.717, 1.165) is 12.1 Å². The van der Waals surface area contributed by atoms with E-state index in [9.17, 15) is 18.0 Å². The van der Waals surface area contributed by atoms with Gasteiger partial charge in [0.1, 0.15) is 5.75 Å². The van der Waals surface area contributed by atoms with Crippen LogP contribution in [0.5, 0.6) is 5.75 Å². The van der Waals surface area contributed by atoms with E-state index in [2.05, 4.69) is 9.89 Å². The van der Waals surface area contributed by atoms with Crippen LogP contribution in [0, 0.1) is 0 Å². The number of benzene rings is 1. The molecule has 1 heterocycles. The Morgan fingerprint density at radius 3 is 2.37 bits per heavy atom. The number of hydrogen-bond donors (Lipinski definition) is 1. The summed E-state index contributed by atoms with van der Waals surface area (Å²) in [5, 5.41) is 11.9. The van der Waals surface area contributed by atoms with Crippen molar-refractivity contribution in [1.29, 1.82) is 0 Å². The number of nitrogens with zero attached hydrogens (tertiary/aromatic N) is 1. The van der Waals surface area contributed by atoms with Crippen LogP contribution in [-0.4, -0.2) is 22.6 Å². The molecule has 0 saturated carbocycles. The largest absolute Gasteiger partial charge is 0.573 e. The van der Waals surface area contributed by atoms with E-state index < -0.39 is 12.3 Å². The number of rotatable bonds is 3. The lowest BCUT2D eigenvalue weighted by Gasteiger charge is -2.08. The molecule has 5 nitrogen and oxygen atoms in total. The van der Waals surface area contributed by atoms with Crippen molar-refractivity contribution in [2.24, 2.45) is 0 Å². The molecule has 0 radical (unpaired) electrons. The highest BCUT2D eigenvalue weighted by Gasteiger charge is 2.31. The number of halogens is 3. The smallest absolute Gasteiger partial charge is 0.476 e. The molecule has 1 aromatic heterocycles. The van der Waals surface area contributed by atoms with Crippen LogP contribution < -0.4 is 4.74 Å². The Balaban J connectivity index is 2.20. The number of carboxylic acid groups (broad SMARTS) is 1. The lowest BCUT2D eigenvalue weighted by Crippen LogP contribution is -2.16. The third kappa shape index (κ3) is 3.24. The fourth-order valence-corrected chi connectivity index (χ4v) is 1.33. The van der Waals surface area contributed by atoms with Crippen molar-refractivity contribution in [3.8, 4) is 17.1 Å². The number of hydrogen-bond acceptors (Lipinski definition) is 4. The molecular formula is C11H6F3NO4. The number of alkyl halides is 3. The summed E-state index contributed by atoms with van der Waals surface area (Å²) in [6.07, 6.45) is -4.76. The summed E-state index contributed by atoms with van der Waals surface area (Å²) in [6, 6.07) is 5.94. The third-order valence-corrected chi connectivity index (χ3v) is 2.10. The van der Waals surface area contributed by atoms with Crippen LogP contribution in [0.1, 0.15) is 10.5 Å². The quantitative estimate of drug-likeness (QED) is 0.930. The molecule has 1 N–H and O–H groups in total. The molecule has 0 aliphatic heterocycles. The molecule has 8 heteroatoms. The molecule has 2 aromatic rings. The minimum Gasteiger partial charge on any atom is -0.476 e. The van der Waals surface area contributed by atoms with Crippen molar-refractivity contribution < 1.29 is 32.3 Å². The molecule has 0 bridgehead atoms. The summed E-state index contributed by atoms with van der Waals surface area (Å²) in [4.78, 5) is 10.6. The average Bonchev–Trinajstić information content (AvgIpc) is 2.77. The van der Waals surface area contributed by atoms with Gasteiger partial charge in [0.15, 0.2) is 11.5 Å². The van der Waals surface area contributed by atoms with Gasteiger partial charge in [-0.05, 0) is 24.3 Å². The van der Waals surface area contributed by atoms with E-state index in [4.69, 9.17) is 9.63 Å². The van der Waals surface area contributed by atoms with Gasteiger partial charge in [-0.15, -0.1) is 13.2 Å². The maximum atomic E-state index is 11.9. The standard InChI is InChI=1S/C11H6F3NO4/c12-11(13,14)18-7-3-1-6(2-4-7)9-5-8(10(16)17)15-19-9/h1-5H,(H,16,17). The Bertz CT molecular complexity index is 589. The average molecular weight is 273 g/mol. The van der Waals surface area contributed by atoms with Crippen LogP contribution in [0.2, 0.25) is 0 Å². The first-order valence-corrected chi connectivity index (χ1v) is 4.91. The summed E-state index contributed by atoms with van der Waals surface area (Å²) >= 11 is 0. The number of carboxylic acids is 1.